The molecule has 2 heteroatoms. The highest BCUT2D eigenvalue weighted by molar-refractivity contribution is 5.97. The van der Waals surface area contributed by atoms with Crippen LogP contribution >= 0.6 is 0 Å². The SMILES string of the molecule is CCOc1cc2c(cc1CC(=O)c1ccc(C(C)(C)C)cc1)CCCCC2. The van der Waals surface area contributed by atoms with Gasteiger partial charge in [-0.1, -0.05) is 57.5 Å². The molecule has 0 unspecified atom stereocenters. The molecule has 0 fully saturated rings. The minimum absolute atomic E-state index is 0.0979. The Kier molecular flexibility index (Phi) is 6.04. The van der Waals surface area contributed by atoms with Crippen molar-refractivity contribution in [2.75, 3.05) is 6.61 Å². The van der Waals surface area contributed by atoms with Gasteiger partial charge in [-0.05, 0) is 60.8 Å². The second-order valence-corrected chi connectivity index (χ2v) is 8.65. The fourth-order valence-electron chi connectivity index (χ4n) is 3.85. The van der Waals surface area contributed by atoms with Gasteiger partial charge >= 0.3 is 0 Å². The van der Waals surface area contributed by atoms with Crippen LogP contribution in [0.5, 0.6) is 5.75 Å². The van der Waals surface area contributed by atoms with Crippen molar-refractivity contribution in [1.29, 1.82) is 0 Å². The van der Waals surface area contributed by atoms with E-state index in [4.69, 9.17) is 4.74 Å². The molecule has 0 bridgehead atoms. The standard InChI is InChI=1S/C25H32O2/c1-5-27-24-17-20-10-8-6-7-9-19(20)15-21(24)16-23(26)18-11-13-22(14-12-18)25(2,3)4/h11-15,17H,5-10,16H2,1-4H3. The Morgan fingerprint density at radius 1 is 0.963 bits per heavy atom. The second-order valence-electron chi connectivity index (χ2n) is 8.65. The monoisotopic (exact) mass is 364 g/mol. The summed E-state index contributed by atoms with van der Waals surface area (Å²) in [5.41, 5.74) is 5.96. The van der Waals surface area contributed by atoms with Crippen LogP contribution in [0.2, 0.25) is 0 Å². The summed E-state index contributed by atoms with van der Waals surface area (Å²) in [6, 6.07) is 12.5. The normalized spacial score (nSPS) is 14.4. The molecule has 2 nitrogen and oxygen atoms in total. The van der Waals surface area contributed by atoms with Crippen LogP contribution in [0, 0.1) is 0 Å². The van der Waals surface area contributed by atoms with E-state index in [9.17, 15) is 4.79 Å². The smallest absolute Gasteiger partial charge is 0.167 e. The zero-order chi connectivity index (χ0) is 19.4. The molecule has 1 aliphatic rings. The van der Waals surface area contributed by atoms with Gasteiger partial charge < -0.3 is 4.74 Å². The Bertz CT molecular complexity index is 794. The first kappa shape index (κ1) is 19.7. The first-order chi connectivity index (χ1) is 12.9. The molecule has 0 radical (unpaired) electrons. The van der Waals surface area contributed by atoms with Gasteiger partial charge in [-0.25, -0.2) is 0 Å². The number of rotatable bonds is 5. The van der Waals surface area contributed by atoms with Crippen molar-refractivity contribution in [3.8, 4) is 5.75 Å². The zero-order valence-electron chi connectivity index (χ0n) is 17.2. The highest BCUT2D eigenvalue weighted by atomic mass is 16.5. The van der Waals surface area contributed by atoms with E-state index >= 15 is 0 Å². The second kappa shape index (κ2) is 8.29. The Labute approximate surface area is 164 Å². The largest absolute Gasteiger partial charge is 0.494 e. The van der Waals surface area contributed by atoms with E-state index < -0.39 is 0 Å². The third kappa shape index (κ3) is 4.80. The fourth-order valence-corrected chi connectivity index (χ4v) is 3.85. The first-order valence-electron chi connectivity index (χ1n) is 10.3. The van der Waals surface area contributed by atoms with Gasteiger partial charge in [0.05, 0.1) is 6.61 Å². The molecular weight excluding hydrogens is 332 g/mol. The first-order valence-corrected chi connectivity index (χ1v) is 10.3. The van der Waals surface area contributed by atoms with Crippen LogP contribution in [0.25, 0.3) is 0 Å². The van der Waals surface area contributed by atoms with Crippen LogP contribution in [-0.2, 0) is 24.7 Å². The summed E-state index contributed by atoms with van der Waals surface area (Å²) < 4.78 is 5.89. The molecule has 0 aromatic heterocycles. The summed E-state index contributed by atoms with van der Waals surface area (Å²) in [4.78, 5) is 12.9. The third-order valence-electron chi connectivity index (χ3n) is 5.50. The van der Waals surface area contributed by atoms with Gasteiger partial charge in [0.2, 0.25) is 0 Å². The fraction of sp³-hybridized carbons (Fsp3) is 0.480. The van der Waals surface area contributed by atoms with Crippen molar-refractivity contribution >= 4 is 5.78 Å². The van der Waals surface area contributed by atoms with Crippen molar-refractivity contribution in [3.63, 3.8) is 0 Å². The molecule has 0 N–H and O–H groups in total. The highest BCUT2D eigenvalue weighted by Crippen LogP contribution is 2.30. The van der Waals surface area contributed by atoms with Gasteiger partial charge in [0.1, 0.15) is 5.75 Å². The number of carbonyl (C=O) groups excluding carboxylic acids is 1. The van der Waals surface area contributed by atoms with Crippen molar-refractivity contribution in [2.45, 2.75) is 71.6 Å². The van der Waals surface area contributed by atoms with Gasteiger partial charge in [-0.2, -0.15) is 0 Å². The van der Waals surface area contributed by atoms with Crippen LogP contribution in [0.1, 0.15) is 79.6 Å². The Balaban J connectivity index is 1.85. The van der Waals surface area contributed by atoms with E-state index in [2.05, 4.69) is 45.0 Å². The molecule has 2 aromatic rings. The Morgan fingerprint density at radius 3 is 2.19 bits per heavy atom. The lowest BCUT2D eigenvalue weighted by atomic mass is 9.86. The van der Waals surface area contributed by atoms with Gasteiger partial charge in [0, 0.05) is 17.5 Å². The summed E-state index contributed by atoms with van der Waals surface area (Å²) in [7, 11) is 0. The molecule has 2 aromatic carbocycles. The predicted molar refractivity (Wildman–Crippen MR) is 112 cm³/mol. The number of fused-ring (bicyclic) bond motifs is 1. The van der Waals surface area contributed by atoms with Crippen LogP contribution in [0.15, 0.2) is 36.4 Å². The van der Waals surface area contributed by atoms with Crippen LogP contribution < -0.4 is 4.74 Å². The van der Waals surface area contributed by atoms with Crippen LogP contribution in [0.4, 0.5) is 0 Å². The van der Waals surface area contributed by atoms with Crippen LogP contribution in [0.3, 0.4) is 0 Å². The molecule has 0 spiro atoms. The summed E-state index contributed by atoms with van der Waals surface area (Å²) in [6.07, 6.45) is 6.41. The van der Waals surface area contributed by atoms with Gasteiger partial charge in [0.15, 0.2) is 5.78 Å². The lowest BCUT2D eigenvalue weighted by Gasteiger charge is -2.19. The Hall–Kier alpha value is -2.09. The number of aryl methyl sites for hydroxylation is 2. The zero-order valence-corrected chi connectivity index (χ0v) is 17.2. The topological polar surface area (TPSA) is 26.3 Å². The number of ether oxygens (including phenoxy) is 1. The molecule has 0 heterocycles. The predicted octanol–water partition coefficient (Wildman–Crippen LogP) is 6.08. The number of carbonyl (C=O) groups is 1. The van der Waals surface area contributed by atoms with E-state index in [1.807, 2.05) is 19.1 Å². The third-order valence-corrected chi connectivity index (χ3v) is 5.50. The van der Waals surface area contributed by atoms with Gasteiger partial charge in [0.25, 0.3) is 0 Å². The molecule has 144 valence electrons. The molecular formula is C25H32O2. The summed E-state index contributed by atoms with van der Waals surface area (Å²) in [5, 5.41) is 0. The molecule has 27 heavy (non-hydrogen) atoms. The summed E-state index contributed by atoms with van der Waals surface area (Å²) >= 11 is 0. The molecule has 0 atom stereocenters. The highest BCUT2D eigenvalue weighted by Gasteiger charge is 2.18. The minimum Gasteiger partial charge on any atom is -0.494 e. The molecule has 0 aliphatic heterocycles. The summed E-state index contributed by atoms with van der Waals surface area (Å²) in [6.45, 7) is 9.19. The number of Topliss-reactive ketones (excluding diaryl/α,β-unsaturated/α-hetero) is 1. The lowest BCUT2D eigenvalue weighted by molar-refractivity contribution is 0.0991. The molecule has 0 amide bonds. The van der Waals surface area contributed by atoms with Crippen molar-refractivity contribution in [1.82, 2.24) is 0 Å². The minimum atomic E-state index is 0.0979. The van der Waals surface area contributed by atoms with Gasteiger partial charge in [-0.3, -0.25) is 4.79 Å². The average Bonchev–Trinajstić information content (AvgIpc) is 2.86. The molecule has 1 aliphatic carbocycles. The maximum Gasteiger partial charge on any atom is 0.167 e. The maximum atomic E-state index is 12.9. The number of hydrogen-bond donors (Lipinski definition) is 0. The van der Waals surface area contributed by atoms with Crippen molar-refractivity contribution < 1.29 is 9.53 Å². The quantitative estimate of drug-likeness (QED) is 0.475. The number of benzene rings is 2. The Morgan fingerprint density at radius 2 is 1.59 bits per heavy atom. The van der Waals surface area contributed by atoms with Crippen molar-refractivity contribution in [3.05, 3.63) is 64.2 Å². The van der Waals surface area contributed by atoms with Crippen molar-refractivity contribution in [2.24, 2.45) is 0 Å². The number of hydrogen-bond acceptors (Lipinski definition) is 2. The maximum absolute atomic E-state index is 12.9. The molecule has 0 saturated carbocycles. The van der Waals surface area contributed by atoms with E-state index in [0.717, 1.165) is 29.7 Å². The van der Waals surface area contributed by atoms with E-state index in [0.29, 0.717) is 13.0 Å². The van der Waals surface area contributed by atoms with E-state index in [1.54, 1.807) is 0 Å². The summed E-state index contributed by atoms with van der Waals surface area (Å²) in [5.74, 6) is 1.04. The number of ketones is 1. The van der Waals surface area contributed by atoms with Crippen LogP contribution in [-0.4, -0.2) is 12.4 Å². The lowest BCUT2D eigenvalue weighted by Crippen LogP contribution is -2.12. The van der Waals surface area contributed by atoms with E-state index in [1.165, 1.54) is 36.0 Å². The molecule has 3 rings (SSSR count). The van der Waals surface area contributed by atoms with E-state index in [-0.39, 0.29) is 11.2 Å². The average molecular weight is 365 g/mol. The molecule has 0 saturated heterocycles. The van der Waals surface area contributed by atoms with Gasteiger partial charge in [-0.15, -0.1) is 0 Å².